The van der Waals surface area contributed by atoms with Gasteiger partial charge in [0.05, 0.1) is 30.0 Å². The van der Waals surface area contributed by atoms with E-state index in [-0.39, 0.29) is 0 Å². The van der Waals surface area contributed by atoms with Crippen molar-refractivity contribution < 1.29 is 4.74 Å². The highest BCUT2D eigenvalue weighted by Crippen LogP contribution is 2.37. The number of methoxy groups -OCH3 is 1. The monoisotopic (exact) mass is 440 g/mol. The molecular weight excluding hydrogens is 424 g/mol. The van der Waals surface area contributed by atoms with Gasteiger partial charge in [0.1, 0.15) is 5.75 Å². The van der Waals surface area contributed by atoms with Crippen molar-refractivity contribution in [1.29, 1.82) is 0 Å². The van der Waals surface area contributed by atoms with Gasteiger partial charge < -0.3 is 4.74 Å². The molecule has 29 heavy (non-hydrogen) atoms. The predicted molar refractivity (Wildman–Crippen MR) is 122 cm³/mol. The van der Waals surface area contributed by atoms with Crippen LogP contribution in [-0.4, -0.2) is 17.1 Å². The number of nitrogens with zero attached hydrogens (tertiary/aromatic N) is 2. The van der Waals surface area contributed by atoms with Crippen molar-refractivity contribution in [3.63, 3.8) is 0 Å². The number of hydrogen-bond acceptors (Lipinski definition) is 3. The molecule has 3 aromatic carbocycles. The van der Waals surface area contributed by atoms with Crippen molar-refractivity contribution in [2.24, 2.45) is 0 Å². The molecule has 0 bridgehead atoms. The molecule has 0 aliphatic heterocycles. The summed E-state index contributed by atoms with van der Waals surface area (Å²) in [5, 5.41) is 2.21. The average Bonchev–Trinajstić information content (AvgIpc) is 2.78. The lowest BCUT2D eigenvalue weighted by molar-refractivity contribution is 0.415. The van der Waals surface area contributed by atoms with Gasteiger partial charge >= 0.3 is 0 Å². The Kier molecular flexibility index (Phi) is 4.49. The molecule has 0 aliphatic carbocycles. The fraction of sp³-hybridized carbons (Fsp3) is 0.0400. The van der Waals surface area contributed by atoms with Gasteiger partial charge in [-0.3, -0.25) is 4.98 Å². The summed E-state index contributed by atoms with van der Waals surface area (Å²) < 4.78 is 6.36. The van der Waals surface area contributed by atoms with Crippen molar-refractivity contribution in [2.45, 2.75) is 0 Å². The maximum Gasteiger partial charge on any atom is 0.118 e. The van der Waals surface area contributed by atoms with Gasteiger partial charge in [-0.15, -0.1) is 0 Å². The summed E-state index contributed by atoms with van der Waals surface area (Å²) in [6.45, 7) is 0. The van der Waals surface area contributed by atoms with E-state index in [2.05, 4.69) is 51.2 Å². The predicted octanol–water partition coefficient (Wildman–Crippen LogP) is 6.89. The Bertz CT molecular complexity index is 1350. The molecule has 0 spiro atoms. The van der Waals surface area contributed by atoms with E-state index < -0.39 is 0 Å². The number of para-hydroxylation sites is 1. The zero-order valence-corrected chi connectivity index (χ0v) is 17.3. The molecule has 5 aromatic rings. The molecule has 3 nitrogen and oxygen atoms in total. The van der Waals surface area contributed by atoms with Gasteiger partial charge in [-0.25, -0.2) is 4.98 Å². The molecule has 0 amide bonds. The maximum absolute atomic E-state index is 5.34. The minimum Gasteiger partial charge on any atom is -0.497 e. The Morgan fingerprint density at radius 1 is 0.793 bits per heavy atom. The van der Waals surface area contributed by atoms with Gasteiger partial charge in [-0.05, 0) is 41.5 Å². The van der Waals surface area contributed by atoms with Crippen LogP contribution in [-0.2, 0) is 0 Å². The normalized spacial score (nSPS) is 11.1. The quantitative estimate of drug-likeness (QED) is 0.286. The second-order valence-electron chi connectivity index (χ2n) is 6.80. The molecule has 0 fully saturated rings. The maximum atomic E-state index is 5.34. The summed E-state index contributed by atoms with van der Waals surface area (Å²) in [5.74, 6) is 0.838. The molecule has 0 unspecified atom stereocenters. The minimum atomic E-state index is 0.838. The van der Waals surface area contributed by atoms with E-state index in [1.54, 1.807) is 7.11 Å². The molecule has 0 N–H and O–H groups in total. The van der Waals surface area contributed by atoms with Gasteiger partial charge in [-0.1, -0.05) is 64.5 Å². The first-order chi connectivity index (χ1) is 14.2. The summed E-state index contributed by atoms with van der Waals surface area (Å²) >= 11 is 3.66. The third-order valence-corrected chi connectivity index (χ3v) is 5.79. The number of aromatic nitrogens is 2. The number of hydrogen-bond donors (Lipinski definition) is 0. The smallest absolute Gasteiger partial charge is 0.118 e. The van der Waals surface area contributed by atoms with Crippen molar-refractivity contribution in [3.8, 4) is 28.1 Å². The van der Waals surface area contributed by atoms with Gasteiger partial charge in [0.2, 0.25) is 0 Å². The summed E-state index contributed by atoms with van der Waals surface area (Å²) in [6, 6.07) is 26.7. The van der Waals surface area contributed by atoms with E-state index in [0.717, 1.165) is 54.4 Å². The SMILES string of the molecule is COc1ccc(-c2cc(-c3ccccc3Br)nc3cnc4ccccc4c23)cc1. The van der Waals surface area contributed by atoms with Crippen LogP contribution in [0.3, 0.4) is 0 Å². The van der Waals surface area contributed by atoms with Crippen LogP contribution in [0.5, 0.6) is 5.75 Å². The third-order valence-electron chi connectivity index (χ3n) is 5.10. The fourth-order valence-corrected chi connectivity index (χ4v) is 4.16. The molecule has 0 radical (unpaired) electrons. The first-order valence-corrected chi connectivity index (χ1v) is 10.1. The average molecular weight is 441 g/mol. The lowest BCUT2D eigenvalue weighted by Crippen LogP contribution is -1.93. The highest BCUT2D eigenvalue weighted by atomic mass is 79.9. The molecular formula is C25H17BrN2O. The van der Waals surface area contributed by atoms with Crippen molar-refractivity contribution >= 4 is 37.7 Å². The first kappa shape index (κ1) is 17.8. The summed E-state index contributed by atoms with van der Waals surface area (Å²) in [7, 11) is 1.68. The number of ether oxygens (including phenoxy) is 1. The summed E-state index contributed by atoms with van der Waals surface area (Å²) in [5.41, 5.74) is 6.04. The number of benzene rings is 3. The Hall–Kier alpha value is -3.24. The van der Waals surface area contributed by atoms with E-state index in [1.165, 1.54) is 0 Å². The Morgan fingerprint density at radius 2 is 1.55 bits per heavy atom. The van der Waals surface area contributed by atoms with Crippen LogP contribution in [0.1, 0.15) is 0 Å². The van der Waals surface area contributed by atoms with Gasteiger partial charge in [-0.2, -0.15) is 0 Å². The lowest BCUT2D eigenvalue weighted by Gasteiger charge is -2.13. The molecule has 0 saturated heterocycles. The van der Waals surface area contributed by atoms with Gasteiger partial charge in [0.25, 0.3) is 0 Å². The van der Waals surface area contributed by atoms with E-state index in [0.29, 0.717) is 0 Å². The molecule has 0 saturated carbocycles. The topological polar surface area (TPSA) is 35.0 Å². The fourth-order valence-electron chi connectivity index (χ4n) is 3.67. The summed E-state index contributed by atoms with van der Waals surface area (Å²) in [6.07, 6.45) is 1.87. The number of fused-ring (bicyclic) bond motifs is 3. The van der Waals surface area contributed by atoms with Crippen LogP contribution >= 0.6 is 15.9 Å². The highest BCUT2D eigenvalue weighted by Gasteiger charge is 2.14. The van der Waals surface area contributed by atoms with Gasteiger partial charge in [0, 0.05) is 20.8 Å². The highest BCUT2D eigenvalue weighted by molar-refractivity contribution is 9.10. The van der Waals surface area contributed by atoms with Gasteiger partial charge in [0.15, 0.2) is 0 Å². The van der Waals surface area contributed by atoms with E-state index in [1.807, 2.05) is 54.7 Å². The van der Waals surface area contributed by atoms with Crippen molar-refractivity contribution in [1.82, 2.24) is 9.97 Å². The van der Waals surface area contributed by atoms with E-state index >= 15 is 0 Å². The standard InChI is InChI=1S/C25H17BrN2O/c1-29-17-12-10-16(11-13-17)20-14-23(18-6-2-4-8-21(18)26)28-24-15-27-22-9-5-3-7-19(22)25(20)24/h2-15H,1H3. The second-order valence-corrected chi connectivity index (χ2v) is 7.65. The Morgan fingerprint density at radius 3 is 2.34 bits per heavy atom. The Balaban J connectivity index is 1.87. The Labute approximate surface area is 177 Å². The molecule has 2 heterocycles. The van der Waals surface area contributed by atoms with Crippen LogP contribution in [0.4, 0.5) is 0 Å². The van der Waals surface area contributed by atoms with Crippen molar-refractivity contribution in [2.75, 3.05) is 7.11 Å². The molecule has 4 heteroatoms. The first-order valence-electron chi connectivity index (χ1n) is 9.32. The number of pyridine rings is 2. The van der Waals surface area contributed by atoms with Crippen LogP contribution < -0.4 is 4.74 Å². The van der Waals surface area contributed by atoms with Crippen LogP contribution in [0.2, 0.25) is 0 Å². The van der Waals surface area contributed by atoms with E-state index in [4.69, 9.17) is 9.72 Å². The molecule has 2 aromatic heterocycles. The minimum absolute atomic E-state index is 0.838. The van der Waals surface area contributed by atoms with E-state index in [9.17, 15) is 0 Å². The van der Waals surface area contributed by atoms with Crippen molar-refractivity contribution in [3.05, 3.63) is 89.5 Å². The van der Waals surface area contributed by atoms with Crippen LogP contribution in [0.25, 0.3) is 44.2 Å². The zero-order valence-electron chi connectivity index (χ0n) is 15.8. The molecule has 5 rings (SSSR count). The largest absolute Gasteiger partial charge is 0.497 e. The zero-order chi connectivity index (χ0) is 19.8. The molecule has 0 aliphatic rings. The second kappa shape index (κ2) is 7.30. The van der Waals surface area contributed by atoms with Crippen LogP contribution in [0.15, 0.2) is 89.5 Å². The molecule has 140 valence electrons. The summed E-state index contributed by atoms with van der Waals surface area (Å²) in [4.78, 5) is 9.59. The number of halogens is 1. The van der Waals surface area contributed by atoms with Crippen LogP contribution in [0, 0.1) is 0 Å². The third kappa shape index (κ3) is 3.15. The number of rotatable bonds is 3. The molecule has 0 atom stereocenters. The lowest BCUT2D eigenvalue weighted by atomic mass is 9.96.